The van der Waals surface area contributed by atoms with Gasteiger partial charge in [0.15, 0.2) is 5.75 Å². The molecule has 0 bridgehead atoms. The quantitative estimate of drug-likeness (QED) is 0.874. The van der Waals surface area contributed by atoms with Crippen molar-refractivity contribution in [1.29, 1.82) is 0 Å². The summed E-state index contributed by atoms with van der Waals surface area (Å²) in [7, 11) is 0. The molecule has 0 saturated heterocycles. The van der Waals surface area contributed by atoms with Crippen LogP contribution in [-0.2, 0) is 5.41 Å². The maximum absolute atomic E-state index is 11.2. The summed E-state index contributed by atoms with van der Waals surface area (Å²) < 4.78 is 5.37. The van der Waals surface area contributed by atoms with Gasteiger partial charge in [-0.25, -0.2) is 4.79 Å². The molecular weight excluding hydrogens is 218 g/mol. The van der Waals surface area contributed by atoms with Crippen molar-refractivity contribution in [2.24, 2.45) is 0 Å². The third-order valence-corrected chi connectivity index (χ3v) is 2.33. The summed E-state index contributed by atoms with van der Waals surface area (Å²) in [4.78, 5) is 15.4. The number of ether oxygens (including phenoxy) is 1. The third kappa shape index (κ3) is 3.44. The average molecular weight is 237 g/mol. The van der Waals surface area contributed by atoms with Gasteiger partial charge in [0.2, 0.25) is 0 Å². The van der Waals surface area contributed by atoms with Gasteiger partial charge in [0.1, 0.15) is 5.56 Å². The molecule has 4 heteroatoms. The molecule has 0 aliphatic rings. The minimum atomic E-state index is -0.982. The lowest BCUT2D eigenvalue weighted by molar-refractivity contribution is 0.0691. The number of hydrogen-bond acceptors (Lipinski definition) is 3. The molecule has 0 aromatic carbocycles. The number of carbonyl (C=O) groups is 1. The highest BCUT2D eigenvalue weighted by atomic mass is 16.5. The molecule has 1 N–H and O–H groups in total. The van der Waals surface area contributed by atoms with Gasteiger partial charge >= 0.3 is 5.97 Å². The van der Waals surface area contributed by atoms with E-state index in [-0.39, 0.29) is 11.0 Å². The predicted octanol–water partition coefficient (Wildman–Crippen LogP) is 2.87. The standard InChI is InChI=1S/C13H19NO3/c1-5-6-17-10-8-14-11(13(2,3)4)7-9(10)12(15)16/h7-8H,5-6H2,1-4H3,(H,15,16). The maximum atomic E-state index is 11.2. The monoisotopic (exact) mass is 237 g/mol. The van der Waals surface area contributed by atoms with Crippen LogP contribution < -0.4 is 4.74 Å². The van der Waals surface area contributed by atoms with Crippen molar-refractivity contribution >= 4 is 5.97 Å². The molecule has 94 valence electrons. The summed E-state index contributed by atoms with van der Waals surface area (Å²) in [5.74, 6) is -0.642. The van der Waals surface area contributed by atoms with Gasteiger partial charge in [-0.05, 0) is 12.5 Å². The smallest absolute Gasteiger partial charge is 0.339 e. The van der Waals surface area contributed by atoms with Gasteiger partial charge in [-0.15, -0.1) is 0 Å². The summed E-state index contributed by atoms with van der Waals surface area (Å²) in [6.45, 7) is 8.45. The molecule has 4 nitrogen and oxygen atoms in total. The molecule has 0 saturated carbocycles. The fourth-order valence-electron chi connectivity index (χ4n) is 1.35. The zero-order chi connectivity index (χ0) is 13.1. The van der Waals surface area contributed by atoms with Crippen molar-refractivity contribution in [3.8, 4) is 5.75 Å². The van der Waals surface area contributed by atoms with Gasteiger partial charge in [0.25, 0.3) is 0 Å². The number of pyridine rings is 1. The molecule has 0 spiro atoms. The number of carboxylic acids is 1. The molecule has 0 aliphatic heterocycles. The Morgan fingerprint density at radius 3 is 2.59 bits per heavy atom. The number of nitrogens with zero attached hydrogens (tertiary/aromatic N) is 1. The zero-order valence-electron chi connectivity index (χ0n) is 10.8. The van der Waals surface area contributed by atoms with E-state index in [0.29, 0.717) is 12.4 Å². The minimum Gasteiger partial charge on any atom is -0.491 e. The fraction of sp³-hybridized carbons (Fsp3) is 0.538. The second-order valence-corrected chi connectivity index (χ2v) is 4.97. The van der Waals surface area contributed by atoms with E-state index in [0.717, 1.165) is 12.1 Å². The van der Waals surface area contributed by atoms with Gasteiger partial charge in [-0.1, -0.05) is 27.7 Å². The van der Waals surface area contributed by atoms with Gasteiger partial charge in [-0.3, -0.25) is 4.98 Å². The van der Waals surface area contributed by atoms with Crippen LogP contribution in [0.2, 0.25) is 0 Å². The van der Waals surface area contributed by atoms with Crippen LogP contribution in [0.3, 0.4) is 0 Å². The Hall–Kier alpha value is -1.58. The molecule has 1 aromatic heterocycles. The van der Waals surface area contributed by atoms with E-state index in [1.54, 1.807) is 6.07 Å². The SMILES string of the molecule is CCCOc1cnc(C(C)(C)C)cc1C(=O)O. The van der Waals surface area contributed by atoms with Gasteiger partial charge in [0.05, 0.1) is 12.8 Å². The summed E-state index contributed by atoms with van der Waals surface area (Å²) >= 11 is 0. The van der Waals surface area contributed by atoms with Crippen LogP contribution >= 0.6 is 0 Å². The normalized spacial score (nSPS) is 11.3. The van der Waals surface area contributed by atoms with E-state index < -0.39 is 5.97 Å². The molecule has 0 radical (unpaired) electrons. The highest BCUT2D eigenvalue weighted by Gasteiger charge is 2.20. The second-order valence-electron chi connectivity index (χ2n) is 4.97. The molecule has 0 fully saturated rings. The summed E-state index contributed by atoms with van der Waals surface area (Å²) in [6, 6.07) is 1.59. The third-order valence-electron chi connectivity index (χ3n) is 2.33. The van der Waals surface area contributed by atoms with E-state index >= 15 is 0 Å². The predicted molar refractivity (Wildman–Crippen MR) is 65.7 cm³/mol. The molecule has 1 heterocycles. The van der Waals surface area contributed by atoms with Crippen LogP contribution in [0.4, 0.5) is 0 Å². The molecule has 17 heavy (non-hydrogen) atoms. The molecular formula is C13H19NO3. The first-order valence-corrected chi connectivity index (χ1v) is 5.73. The number of carboxylic acid groups (broad SMARTS) is 1. The van der Waals surface area contributed by atoms with Crippen LogP contribution in [0.1, 0.15) is 50.2 Å². The van der Waals surface area contributed by atoms with E-state index in [9.17, 15) is 4.79 Å². The highest BCUT2D eigenvalue weighted by Crippen LogP contribution is 2.25. The molecule has 1 rings (SSSR count). The lowest BCUT2D eigenvalue weighted by Gasteiger charge is -2.19. The Labute approximate surface area is 102 Å². The fourth-order valence-corrected chi connectivity index (χ4v) is 1.35. The number of hydrogen-bond donors (Lipinski definition) is 1. The van der Waals surface area contributed by atoms with Crippen molar-refractivity contribution in [2.75, 3.05) is 6.61 Å². The van der Waals surface area contributed by atoms with E-state index in [4.69, 9.17) is 9.84 Å². The Morgan fingerprint density at radius 1 is 1.47 bits per heavy atom. The van der Waals surface area contributed by atoms with E-state index in [1.807, 2.05) is 27.7 Å². The highest BCUT2D eigenvalue weighted by molar-refractivity contribution is 5.90. The first-order valence-electron chi connectivity index (χ1n) is 5.73. The van der Waals surface area contributed by atoms with Crippen molar-refractivity contribution in [3.05, 3.63) is 23.5 Å². The molecule has 0 atom stereocenters. The Balaban J connectivity index is 3.13. The Kier molecular flexibility index (Phi) is 4.10. The Morgan fingerprint density at radius 2 is 2.12 bits per heavy atom. The van der Waals surface area contributed by atoms with E-state index in [2.05, 4.69) is 4.98 Å². The lowest BCUT2D eigenvalue weighted by atomic mass is 9.91. The molecule has 0 unspecified atom stereocenters. The second kappa shape index (κ2) is 5.17. The summed E-state index contributed by atoms with van der Waals surface area (Å²) in [6.07, 6.45) is 2.33. The topological polar surface area (TPSA) is 59.4 Å². The zero-order valence-corrected chi connectivity index (χ0v) is 10.8. The van der Waals surface area contributed by atoms with Crippen molar-refractivity contribution < 1.29 is 14.6 Å². The summed E-state index contributed by atoms with van der Waals surface area (Å²) in [5.41, 5.74) is 0.755. The van der Waals surface area contributed by atoms with Crippen LogP contribution in [0.15, 0.2) is 12.3 Å². The number of rotatable bonds is 4. The van der Waals surface area contributed by atoms with Crippen molar-refractivity contribution in [1.82, 2.24) is 4.98 Å². The van der Waals surface area contributed by atoms with Gasteiger partial charge < -0.3 is 9.84 Å². The Bertz CT molecular complexity index is 408. The maximum Gasteiger partial charge on any atom is 0.339 e. The van der Waals surface area contributed by atoms with Crippen LogP contribution in [0, 0.1) is 0 Å². The lowest BCUT2D eigenvalue weighted by Crippen LogP contribution is -2.15. The molecule has 1 aromatic rings. The summed E-state index contributed by atoms with van der Waals surface area (Å²) in [5, 5.41) is 9.15. The van der Waals surface area contributed by atoms with Gasteiger partial charge in [-0.2, -0.15) is 0 Å². The average Bonchev–Trinajstić information content (AvgIpc) is 2.24. The van der Waals surface area contributed by atoms with Crippen molar-refractivity contribution in [2.45, 2.75) is 39.5 Å². The van der Waals surface area contributed by atoms with Crippen molar-refractivity contribution in [3.63, 3.8) is 0 Å². The first kappa shape index (κ1) is 13.5. The van der Waals surface area contributed by atoms with Crippen LogP contribution in [0.5, 0.6) is 5.75 Å². The molecule has 0 aliphatic carbocycles. The van der Waals surface area contributed by atoms with E-state index in [1.165, 1.54) is 6.20 Å². The van der Waals surface area contributed by atoms with Gasteiger partial charge in [0, 0.05) is 11.1 Å². The number of aromatic carboxylic acids is 1. The largest absolute Gasteiger partial charge is 0.491 e. The first-order chi connectivity index (χ1) is 7.86. The number of aromatic nitrogens is 1. The van der Waals surface area contributed by atoms with Crippen LogP contribution in [0.25, 0.3) is 0 Å². The minimum absolute atomic E-state index is 0.173. The molecule has 0 amide bonds. The van der Waals surface area contributed by atoms with Crippen LogP contribution in [-0.4, -0.2) is 22.7 Å².